The van der Waals surface area contributed by atoms with Crippen molar-refractivity contribution in [1.82, 2.24) is 4.98 Å². The van der Waals surface area contributed by atoms with E-state index < -0.39 is 11.8 Å². The second-order valence-electron chi connectivity index (χ2n) is 6.51. The maximum Gasteiger partial charge on any atom is 0.230 e. The molecule has 1 N–H and O–H groups in total. The molecule has 1 spiro atoms. The maximum atomic E-state index is 12.5. The van der Waals surface area contributed by atoms with Gasteiger partial charge in [-0.15, -0.1) is 0 Å². The number of ether oxygens (including phenoxy) is 1. The Labute approximate surface area is 139 Å². The van der Waals surface area contributed by atoms with Gasteiger partial charge in [0, 0.05) is 36.4 Å². The molecule has 4 heterocycles. The molecule has 0 aliphatic carbocycles. The van der Waals surface area contributed by atoms with Crippen LogP contribution >= 0.6 is 0 Å². The zero-order chi connectivity index (χ0) is 16.3. The minimum atomic E-state index is -0.751. The number of hydrogen-bond acceptors (Lipinski definition) is 4. The number of rotatable bonds is 1. The van der Waals surface area contributed by atoms with Crippen molar-refractivity contribution in [3.05, 3.63) is 60.6 Å². The van der Waals surface area contributed by atoms with Gasteiger partial charge in [0.25, 0.3) is 0 Å². The number of benzene rings is 1. The second kappa shape index (κ2) is 4.68. The quantitative estimate of drug-likeness (QED) is 0.877. The fourth-order valence-electron chi connectivity index (χ4n) is 4.21. The fourth-order valence-corrected chi connectivity index (χ4v) is 4.21. The summed E-state index contributed by atoms with van der Waals surface area (Å²) in [6.07, 6.45) is 7.36. The van der Waals surface area contributed by atoms with E-state index in [1.165, 1.54) is 0 Å². The smallest absolute Gasteiger partial charge is 0.230 e. The first-order chi connectivity index (χ1) is 11.7. The van der Waals surface area contributed by atoms with Crippen LogP contribution in [0.15, 0.2) is 55.1 Å². The molecule has 0 radical (unpaired) electrons. The molecule has 3 aliphatic heterocycles. The minimum absolute atomic E-state index is 0.0472. The third-order valence-electron chi connectivity index (χ3n) is 5.33. The van der Waals surface area contributed by atoms with E-state index in [1.54, 1.807) is 23.6 Å². The summed E-state index contributed by atoms with van der Waals surface area (Å²) in [6, 6.07) is 9.69. The molecule has 2 aromatic rings. The van der Waals surface area contributed by atoms with E-state index in [1.807, 2.05) is 36.4 Å². The molecule has 1 aromatic heterocycles. The van der Waals surface area contributed by atoms with Gasteiger partial charge in [-0.3, -0.25) is 14.7 Å². The molecule has 5 heteroatoms. The van der Waals surface area contributed by atoms with Gasteiger partial charge in [-0.25, -0.2) is 0 Å². The molecular formula is C19H16N2O3. The number of amides is 1. The number of aliphatic hydroxyl groups excluding tert-OH is 1. The van der Waals surface area contributed by atoms with Crippen LogP contribution in [0.1, 0.15) is 24.5 Å². The lowest BCUT2D eigenvalue weighted by molar-refractivity contribution is -0.119. The molecule has 1 aromatic carbocycles. The monoisotopic (exact) mass is 320 g/mol. The second-order valence-corrected chi connectivity index (χ2v) is 6.51. The molecule has 3 aliphatic rings. The highest BCUT2D eigenvalue weighted by Crippen LogP contribution is 2.55. The van der Waals surface area contributed by atoms with Gasteiger partial charge in [0.2, 0.25) is 5.91 Å². The first-order valence-corrected chi connectivity index (χ1v) is 8.11. The van der Waals surface area contributed by atoms with Crippen LogP contribution in [0.25, 0.3) is 11.1 Å². The van der Waals surface area contributed by atoms with E-state index in [0.717, 1.165) is 22.4 Å². The average molecular weight is 320 g/mol. The first kappa shape index (κ1) is 13.7. The van der Waals surface area contributed by atoms with Gasteiger partial charge >= 0.3 is 0 Å². The van der Waals surface area contributed by atoms with Crippen molar-refractivity contribution in [3.63, 3.8) is 0 Å². The molecule has 5 nitrogen and oxygen atoms in total. The average Bonchev–Trinajstić information content (AvgIpc) is 3.20. The number of carbonyl (C=O) groups is 1. The Kier molecular flexibility index (Phi) is 2.68. The Morgan fingerprint density at radius 3 is 3.04 bits per heavy atom. The van der Waals surface area contributed by atoms with Crippen LogP contribution in [0.3, 0.4) is 0 Å². The van der Waals surface area contributed by atoms with E-state index in [9.17, 15) is 9.90 Å². The Morgan fingerprint density at radius 2 is 2.21 bits per heavy atom. The summed E-state index contributed by atoms with van der Waals surface area (Å²) < 4.78 is 5.84. The van der Waals surface area contributed by atoms with Crippen LogP contribution in [0.5, 0.6) is 0 Å². The summed E-state index contributed by atoms with van der Waals surface area (Å²) in [5.41, 5.74) is 2.72. The molecule has 120 valence electrons. The van der Waals surface area contributed by atoms with Crippen LogP contribution in [0.4, 0.5) is 5.69 Å². The lowest BCUT2D eigenvalue weighted by atomic mass is 9.80. The van der Waals surface area contributed by atoms with Crippen molar-refractivity contribution in [2.24, 2.45) is 5.92 Å². The van der Waals surface area contributed by atoms with Gasteiger partial charge in [-0.05, 0) is 29.8 Å². The molecule has 5 rings (SSSR count). The van der Waals surface area contributed by atoms with Crippen LogP contribution in [0, 0.1) is 5.92 Å². The van der Waals surface area contributed by atoms with E-state index in [-0.39, 0.29) is 11.8 Å². The number of hydrogen-bond donors (Lipinski definition) is 1. The summed E-state index contributed by atoms with van der Waals surface area (Å²) in [6.45, 7) is 0. The van der Waals surface area contributed by atoms with Crippen LogP contribution in [-0.4, -0.2) is 21.7 Å². The third-order valence-corrected chi connectivity index (χ3v) is 5.33. The SMILES string of the molecule is O=C1CC[C@]23OC=C[C@H]2[C@H](O)c2cc(-c4cccnc4)ccc2N13. The molecular weight excluding hydrogens is 304 g/mol. The third kappa shape index (κ3) is 1.62. The fraction of sp³-hybridized carbons (Fsp3) is 0.263. The molecule has 1 fully saturated rings. The Bertz CT molecular complexity index is 864. The molecule has 0 saturated carbocycles. The van der Waals surface area contributed by atoms with Crippen molar-refractivity contribution >= 4 is 11.6 Å². The van der Waals surface area contributed by atoms with Crippen molar-refractivity contribution in [2.45, 2.75) is 24.7 Å². The molecule has 3 atom stereocenters. The number of aliphatic hydroxyl groups is 1. The lowest BCUT2D eigenvalue weighted by Gasteiger charge is -2.45. The van der Waals surface area contributed by atoms with Gasteiger partial charge in [0.1, 0.15) is 0 Å². The van der Waals surface area contributed by atoms with E-state index in [0.29, 0.717) is 12.8 Å². The van der Waals surface area contributed by atoms with Crippen molar-refractivity contribution < 1.29 is 14.6 Å². The number of fused-ring (bicyclic) bond motifs is 2. The van der Waals surface area contributed by atoms with E-state index >= 15 is 0 Å². The van der Waals surface area contributed by atoms with E-state index in [4.69, 9.17) is 4.74 Å². The Hall–Kier alpha value is -2.66. The highest BCUT2D eigenvalue weighted by Gasteiger charge is 2.60. The number of carbonyl (C=O) groups excluding carboxylic acids is 1. The topological polar surface area (TPSA) is 62.7 Å². The van der Waals surface area contributed by atoms with Crippen LogP contribution in [0.2, 0.25) is 0 Å². The standard InChI is InChI=1S/C19H16N2O3/c22-17-5-7-19-15(6-9-24-19)18(23)14-10-12(3-4-16(14)21(17)19)13-2-1-8-20-11-13/h1-4,6,8-11,15,18,23H,5,7H2/t15-,18+,19-/m0/s1. The van der Waals surface area contributed by atoms with Crippen molar-refractivity contribution in [1.29, 1.82) is 0 Å². The summed E-state index contributed by atoms with van der Waals surface area (Å²) >= 11 is 0. The molecule has 1 saturated heterocycles. The Morgan fingerprint density at radius 1 is 1.29 bits per heavy atom. The van der Waals surface area contributed by atoms with Gasteiger partial charge in [0.05, 0.1) is 24.0 Å². The first-order valence-electron chi connectivity index (χ1n) is 8.11. The van der Waals surface area contributed by atoms with Gasteiger partial charge < -0.3 is 9.84 Å². The van der Waals surface area contributed by atoms with E-state index in [2.05, 4.69) is 4.98 Å². The molecule has 24 heavy (non-hydrogen) atoms. The van der Waals surface area contributed by atoms with Gasteiger partial charge in [-0.1, -0.05) is 12.1 Å². The summed E-state index contributed by atoms with van der Waals surface area (Å²) in [5.74, 6) is -0.188. The number of nitrogens with zero attached hydrogens (tertiary/aromatic N) is 2. The van der Waals surface area contributed by atoms with Gasteiger partial charge in [0.15, 0.2) is 5.72 Å². The zero-order valence-electron chi connectivity index (χ0n) is 12.9. The number of pyridine rings is 1. The highest BCUT2D eigenvalue weighted by molar-refractivity contribution is 5.99. The molecule has 0 bridgehead atoms. The van der Waals surface area contributed by atoms with Crippen molar-refractivity contribution in [3.8, 4) is 11.1 Å². The summed E-state index contributed by atoms with van der Waals surface area (Å²) in [5, 5.41) is 10.9. The predicted octanol–water partition coefficient (Wildman–Crippen LogP) is 2.78. The van der Waals surface area contributed by atoms with Crippen LogP contribution < -0.4 is 4.90 Å². The predicted molar refractivity (Wildman–Crippen MR) is 87.8 cm³/mol. The normalized spacial score (nSPS) is 29.9. The summed E-state index contributed by atoms with van der Waals surface area (Å²) in [7, 11) is 0. The highest BCUT2D eigenvalue weighted by atomic mass is 16.5. The minimum Gasteiger partial charge on any atom is -0.475 e. The van der Waals surface area contributed by atoms with Gasteiger partial charge in [-0.2, -0.15) is 0 Å². The maximum absolute atomic E-state index is 12.5. The molecule has 1 amide bonds. The lowest BCUT2D eigenvalue weighted by Crippen LogP contribution is -2.55. The van der Waals surface area contributed by atoms with Crippen LogP contribution in [-0.2, 0) is 9.53 Å². The summed E-state index contributed by atoms with van der Waals surface area (Å²) in [4.78, 5) is 18.4. The van der Waals surface area contributed by atoms with Crippen molar-refractivity contribution in [2.75, 3.05) is 4.90 Å². The largest absolute Gasteiger partial charge is 0.475 e. The Balaban J connectivity index is 1.69. The zero-order valence-corrected chi connectivity index (χ0v) is 12.9. The molecule has 0 unspecified atom stereocenters. The number of aromatic nitrogens is 1. The number of anilines is 1.